The summed E-state index contributed by atoms with van der Waals surface area (Å²) in [4.78, 5) is 5.17. The molecule has 3 nitrogen and oxygen atoms in total. The third-order valence-corrected chi connectivity index (χ3v) is 2.40. The van der Waals surface area contributed by atoms with Crippen LogP contribution in [-0.2, 0) is 4.84 Å². The number of halogens is 1. The predicted octanol–water partition coefficient (Wildman–Crippen LogP) is 2.55. The molecule has 1 aromatic rings. The van der Waals surface area contributed by atoms with E-state index in [1.807, 2.05) is 12.1 Å². The van der Waals surface area contributed by atoms with E-state index in [0.29, 0.717) is 29.7 Å². The van der Waals surface area contributed by atoms with Gasteiger partial charge in [0.1, 0.15) is 0 Å². The first-order chi connectivity index (χ1) is 7.61. The fraction of sp³-hybridized carbons (Fsp3) is 0.500. The maximum atomic E-state index is 9.84. The molecule has 0 saturated heterocycles. The number of hydrogen-bond donors (Lipinski definition) is 2. The summed E-state index contributed by atoms with van der Waals surface area (Å²) >= 11 is 5.95. The molecule has 1 rings (SSSR count). The summed E-state index contributed by atoms with van der Waals surface area (Å²) < 4.78 is 0. The summed E-state index contributed by atoms with van der Waals surface area (Å²) in [5, 5.41) is 10.4. The van der Waals surface area contributed by atoms with Gasteiger partial charge >= 0.3 is 0 Å². The maximum Gasteiger partial charge on any atom is 0.0951 e. The van der Waals surface area contributed by atoms with Gasteiger partial charge in [0.15, 0.2) is 0 Å². The van der Waals surface area contributed by atoms with E-state index >= 15 is 0 Å². The lowest BCUT2D eigenvalue weighted by molar-refractivity contribution is 0.000358. The summed E-state index contributed by atoms with van der Waals surface area (Å²) in [5.41, 5.74) is 3.45. The van der Waals surface area contributed by atoms with Crippen LogP contribution in [0.25, 0.3) is 0 Å². The summed E-state index contributed by atoms with van der Waals surface area (Å²) in [6, 6.07) is 7.24. The molecular weight excluding hydrogens is 226 g/mol. The number of hydroxylamine groups is 1. The quantitative estimate of drug-likeness (QED) is 0.596. The Balaban J connectivity index is 2.35. The molecule has 0 aromatic heterocycles. The van der Waals surface area contributed by atoms with Gasteiger partial charge in [-0.25, -0.2) is 0 Å². The molecule has 0 bridgehead atoms. The number of aliphatic hydroxyl groups is 1. The van der Waals surface area contributed by atoms with E-state index in [0.717, 1.165) is 0 Å². The molecule has 0 amide bonds. The van der Waals surface area contributed by atoms with Crippen LogP contribution in [0.1, 0.15) is 25.5 Å². The highest BCUT2D eigenvalue weighted by Crippen LogP contribution is 2.21. The molecule has 0 aliphatic heterocycles. The maximum absolute atomic E-state index is 9.84. The van der Waals surface area contributed by atoms with E-state index in [2.05, 4.69) is 19.3 Å². The predicted molar refractivity (Wildman–Crippen MR) is 65.2 cm³/mol. The first kappa shape index (κ1) is 13.5. The minimum Gasteiger partial charge on any atom is -0.387 e. The molecule has 0 saturated carbocycles. The Morgan fingerprint density at radius 3 is 2.69 bits per heavy atom. The van der Waals surface area contributed by atoms with Crippen LogP contribution in [0.15, 0.2) is 24.3 Å². The van der Waals surface area contributed by atoms with Crippen molar-refractivity contribution in [1.29, 1.82) is 0 Å². The van der Waals surface area contributed by atoms with E-state index in [1.54, 1.807) is 12.1 Å². The SMILES string of the molecule is CC(C)CONCC(O)c1ccccc1Cl. The topological polar surface area (TPSA) is 41.5 Å². The minimum atomic E-state index is -0.652. The second-order valence-electron chi connectivity index (χ2n) is 4.09. The monoisotopic (exact) mass is 243 g/mol. The van der Waals surface area contributed by atoms with E-state index in [-0.39, 0.29) is 0 Å². The lowest BCUT2D eigenvalue weighted by Gasteiger charge is -2.14. The molecule has 0 heterocycles. The Morgan fingerprint density at radius 2 is 2.06 bits per heavy atom. The van der Waals surface area contributed by atoms with Crippen molar-refractivity contribution in [3.63, 3.8) is 0 Å². The van der Waals surface area contributed by atoms with Crippen LogP contribution in [0.5, 0.6) is 0 Å². The minimum absolute atomic E-state index is 0.330. The summed E-state index contributed by atoms with van der Waals surface area (Å²) in [6.07, 6.45) is -0.652. The molecule has 4 heteroatoms. The van der Waals surface area contributed by atoms with Gasteiger partial charge in [-0.2, -0.15) is 5.48 Å². The number of hydrogen-bond acceptors (Lipinski definition) is 3. The largest absolute Gasteiger partial charge is 0.387 e. The highest BCUT2D eigenvalue weighted by Gasteiger charge is 2.10. The summed E-state index contributed by atoms with van der Waals surface area (Å²) in [6.45, 7) is 5.07. The van der Waals surface area contributed by atoms with Crippen LogP contribution in [0.3, 0.4) is 0 Å². The first-order valence-corrected chi connectivity index (χ1v) is 5.76. The summed E-state index contributed by atoms with van der Waals surface area (Å²) in [5.74, 6) is 0.463. The number of nitrogens with one attached hydrogen (secondary N) is 1. The van der Waals surface area contributed by atoms with Gasteiger partial charge in [-0.1, -0.05) is 43.6 Å². The van der Waals surface area contributed by atoms with E-state index in [4.69, 9.17) is 16.4 Å². The molecule has 0 fully saturated rings. The highest BCUT2D eigenvalue weighted by molar-refractivity contribution is 6.31. The van der Waals surface area contributed by atoms with Gasteiger partial charge in [0.2, 0.25) is 0 Å². The third-order valence-electron chi connectivity index (χ3n) is 2.06. The fourth-order valence-electron chi connectivity index (χ4n) is 1.22. The van der Waals surface area contributed by atoms with Crippen molar-refractivity contribution < 1.29 is 9.94 Å². The Morgan fingerprint density at radius 1 is 1.38 bits per heavy atom. The molecule has 2 N–H and O–H groups in total. The molecule has 0 aliphatic carbocycles. The normalized spacial score (nSPS) is 13.1. The molecule has 90 valence electrons. The van der Waals surface area contributed by atoms with Crippen molar-refractivity contribution in [2.24, 2.45) is 5.92 Å². The van der Waals surface area contributed by atoms with Crippen LogP contribution in [0.4, 0.5) is 0 Å². The number of rotatable bonds is 6. The van der Waals surface area contributed by atoms with Gasteiger partial charge in [0.05, 0.1) is 19.3 Å². The highest BCUT2D eigenvalue weighted by atomic mass is 35.5. The molecule has 16 heavy (non-hydrogen) atoms. The van der Waals surface area contributed by atoms with Crippen LogP contribution < -0.4 is 5.48 Å². The Hall–Kier alpha value is -0.610. The lowest BCUT2D eigenvalue weighted by atomic mass is 10.1. The van der Waals surface area contributed by atoms with E-state index in [9.17, 15) is 5.11 Å². The Bertz CT molecular complexity index is 318. The smallest absolute Gasteiger partial charge is 0.0951 e. The van der Waals surface area contributed by atoms with Gasteiger partial charge in [0, 0.05) is 10.6 Å². The molecule has 0 spiro atoms. The van der Waals surface area contributed by atoms with Crippen LogP contribution in [0.2, 0.25) is 5.02 Å². The van der Waals surface area contributed by atoms with Crippen LogP contribution in [0, 0.1) is 5.92 Å². The third kappa shape index (κ3) is 4.49. The molecular formula is C12H18ClNO2. The van der Waals surface area contributed by atoms with E-state index in [1.165, 1.54) is 0 Å². The number of benzene rings is 1. The zero-order chi connectivity index (χ0) is 12.0. The van der Waals surface area contributed by atoms with Crippen LogP contribution >= 0.6 is 11.6 Å². The van der Waals surface area contributed by atoms with Crippen molar-refractivity contribution in [1.82, 2.24) is 5.48 Å². The zero-order valence-corrected chi connectivity index (χ0v) is 10.4. The van der Waals surface area contributed by atoms with Crippen molar-refractivity contribution in [3.05, 3.63) is 34.9 Å². The van der Waals surface area contributed by atoms with Crippen molar-refractivity contribution >= 4 is 11.6 Å². The van der Waals surface area contributed by atoms with Crippen molar-refractivity contribution in [2.45, 2.75) is 20.0 Å². The lowest BCUT2D eigenvalue weighted by Crippen LogP contribution is -2.23. The zero-order valence-electron chi connectivity index (χ0n) is 9.61. The number of aliphatic hydroxyl groups excluding tert-OH is 1. The van der Waals surface area contributed by atoms with Crippen molar-refractivity contribution in [3.8, 4) is 0 Å². The van der Waals surface area contributed by atoms with Gasteiger partial charge in [-0.3, -0.25) is 0 Å². The summed E-state index contributed by atoms with van der Waals surface area (Å²) in [7, 11) is 0. The molecule has 0 aliphatic rings. The van der Waals surface area contributed by atoms with Gasteiger partial charge < -0.3 is 9.94 Å². The average molecular weight is 244 g/mol. The Labute approximate surface area is 101 Å². The van der Waals surface area contributed by atoms with E-state index < -0.39 is 6.10 Å². The second-order valence-corrected chi connectivity index (χ2v) is 4.50. The second kappa shape index (κ2) is 6.86. The van der Waals surface area contributed by atoms with Crippen molar-refractivity contribution in [2.75, 3.05) is 13.2 Å². The fourth-order valence-corrected chi connectivity index (χ4v) is 1.48. The standard InChI is InChI=1S/C12H18ClNO2/c1-9(2)8-16-14-7-12(15)10-5-3-4-6-11(10)13/h3-6,9,12,14-15H,7-8H2,1-2H3. The average Bonchev–Trinajstić information content (AvgIpc) is 2.24. The molecule has 0 radical (unpaired) electrons. The molecule has 1 atom stereocenters. The Kier molecular flexibility index (Phi) is 5.77. The first-order valence-electron chi connectivity index (χ1n) is 5.38. The van der Waals surface area contributed by atoms with Gasteiger partial charge in [-0.05, 0) is 12.0 Å². The molecule has 1 aromatic carbocycles. The molecule has 1 unspecified atom stereocenters. The van der Waals surface area contributed by atoms with Gasteiger partial charge in [-0.15, -0.1) is 0 Å². The van der Waals surface area contributed by atoms with Crippen LogP contribution in [-0.4, -0.2) is 18.3 Å². The van der Waals surface area contributed by atoms with Gasteiger partial charge in [0.25, 0.3) is 0 Å².